The van der Waals surface area contributed by atoms with E-state index in [4.69, 9.17) is 4.74 Å². The number of hydrogen-bond acceptors (Lipinski definition) is 2. The Hall–Kier alpha value is -1.09. The molecule has 0 saturated heterocycles. The summed E-state index contributed by atoms with van der Waals surface area (Å²) in [5, 5.41) is 3.62. The van der Waals surface area contributed by atoms with Gasteiger partial charge in [0.15, 0.2) is 11.6 Å². The Morgan fingerprint density at radius 3 is 2.78 bits per heavy atom. The molecule has 100 valence electrons. The first-order chi connectivity index (χ1) is 8.60. The van der Waals surface area contributed by atoms with Crippen molar-refractivity contribution in [1.29, 1.82) is 0 Å². The molecule has 1 aliphatic rings. The number of rotatable bonds is 4. The van der Waals surface area contributed by atoms with Crippen molar-refractivity contribution < 1.29 is 9.13 Å². The normalized spacial score (nSPS) is 25.1. The van der Waals surface area contributed by atoms with Gasteiger partial charge in [0, 0.05) is 12.1 Å². The van der Waals surface area contributed by atoms with Gasteiger partial charge >= 0.3 is 0 Å². The van der Waals surface area contributed by atoms with Gasteiger partial charge in [-0.15, -0.1) is 0 Å². The number of benzene rings is 1. The monoisotopic (exact) mass is 251 g/mol. The second-order valence-corrected chi connectivity index (χ2v) is 5.40. The quantitative estimate of drug-likeness (QED) is 0.881. The molecule has 1 aromatic carbocycles. The topological polar surface area (TPSA) is 21.3 Å². The van der Waals surface area contributed by atoms with Crippen molar-refractivity contribution in [2.24, 2.45) is 5.92 Å². The largest absolute Gasteiger partial charge is 0.494 e. The molecule has 1 saturated carbocycles. The van der Waals surface area contributed by atoms with E-state index < -0.39 is 0 Å². The van der Waals surface area contributed by atoms with Crippen molar-refractivity contribution >= 4 is 0 Å². The van der Waals surface area contributed by atoms with E-state index in [1.165, 1.54) is 32.4 Å². The van der Waals surface area contributed by atoms with Crippen LogP contribution in [0.15, 0.2) is 18.2 Å². The maximum atomic E-state index is 13.3. The molecule has 3 atom stereocenters. The predicted molar refractivity (Wildman–Crippen MR) is 71.3 cm³/mol. The lowest BCUT2D eigenvalue weighted by Gasteiger charge is -2.20. The van der Waals surface area contributed by atoms with E-state index >= 15 is 0 Å². The SMILES string of the molecule is COc1cc(C(C)NC2CCC(C)C2)ccc1F. The first kappa shape index (κ1) is 13.3. The Morgan fingerprint density at radius 1 is 1.39 bits per heavy atom. The van der Waals surface area contributed by atoms with E-state index in [1.807, 2.05) is 6.07 Å². The lowest BCUT2D eigenvalue weighted by atomic mass is 10.1. The van der Waals surface area contributed by atoms with Crippen molar-refractivity contribution in [3.63, 3.8) is 0 Å². The van der Waals surface area contributed by atoms with E-state index in [0.717, 1.165) is 11.5 Å². The minimum atomic E-state index is -0.303. The van der Waals surface area contributed by atoms with Crippen molar-refractivity contribution in [1.82, 2.24) is 5.32 Å². The summed E-state index contributed by atoms with van der Waals surface area (Å²) in [7, 11) is 1.50. The molecule has 1 fully saturated rings. The summed E-state index contributed by atoms with van der Waals surface area (Å²) in [6, 6.07) is 5.91. The van der Waals surface area contributed by atoms with Crippen LogP contribution >= 0.6 is 0 Å². The van der Waals surface area contributed by atoms with Gasteiger partial charge in [-0.2, -0.15) is 0 Å². The molecule has 1 aromatic rings. The van der Waals surface area contributed by atoms with Gasteiger partial charge in [0.2, 0.25) is 0 Å². The van der Waals surface area contributed by atoms with Crippen molar-refractivity contribution in [3.05, 3.63) is 29.6 Å². The fourth-order valence-electron chi connectivity index (χ4n) is 2.75. The fraction of sp³-hybridized carbons (Fsp3) is 0.600. The molecule has 0 spiro atoms. The van der Waals surface area contributed by atoms with Crippen molar-refractivity contribution in [3.8, 4) is 5.75 Å². The van der Waals surface area contributed by atoms with Gasteiger partial charge in [-0.25, -0.2) is 4.39 Å². The van der Waals surface area contributed by atoms with Crippen molar-refractivity contribution in [2.45, 2.75) is 45.2 Å². The molecule has 2 nitrogen and oxygen atoms in total. The maximum absolute atomic E-state index is 13.3. The fourth-order valence-corrected chi connectivity index (χ4v) is 2.75. The third-order valence-corrected chi connectivity index (χ3v) is 3.86. The molecule has 0 amide bonds. The molecule has 1 aliphatic carbocycles. The van der Waals surface area contributed by atoms with Crippen LogP contribution < -0.4 is 10.1 Å². The van der Waals surface area contributed by atoms with E-state index in [0.29, 0.717) is 11.8 Å². The van der Waals surface area contributed by atoms with Crippen LogP contribution in [0.25, 0.3) is 0 Å². The summed E-state index contributed by atoms with van der Waals surface area (Å²) in [4.78, 5) is 0. The zero-order valence-electron chi connectivity index (χ0n) is 11.4. The third kappa shape index (κ3) is 3.02. The van der Waals surface area contributed by atoms with Crippen molar-refractivity contribution in [2.75, 3.05) is 7.11 Å². The lowest BCUT2D eigenvalue weighted by molar-refractivity contribution is 0.383. The van der Waals surface area contributed by atoms with Crippen LogP contribution in [-0.4, -0.2) is 13.2 Å². The van der Waals surface area contributed by atoms with Gasteiger partial charge in [0.05, 0.1) is 7.11 Å². The van der Waals surface area contributed by atoms with E-state index in [1.54, 1.807) is 6.07 Å². The molecule has 3 unspecified atom stereocenters. The minimum absolute atomic E-state index is 0.231. The number of nitrogens with one attached hydrogen (secondary N) is 1. The van der Waals surface area contributed by atoms with Crippen LogP contribution in [-0.2, 0) is 0 Å². The first-order valence-electron chi connectivity index (χ1n) is 6.69. The number of hydrogen-bond donors (Lipinski definition) is 1. The van der Waals surface area contributed by atoms with Gasteiger partial charge in [0.1, 0.15) is 0 Å². The van der Waals surface area contributed by atoms with E-state index in [9.17, 15) is 4.39 Å². The van der Waals surface area contributed by atoms with Gasteiger partial charge in [-0.05, 0) is 49.8 Å². The van der Waals surface area contributed by atoms with Gasteiger partial charge < -0.3 is 10.1 Å². The summed E-state index contributed by atoms with van der Waals surface area (Å²) in [6.07, 6.45) is 3.78. The van der Waals surface area contributed by atoms with E-state index in [2.05, 4.69) is 19.2 Å². The summed E-state index contributed by atoms with van der Waals surface area (Å²) >= 11 is 0. The molecule has 0 aliphatic heterocycles. The maximum Gasteiger partial charge on any atom is 0.165 e. The van der Waals surface area contributed by atoms with Crippen LogP contribution in [0.2, 0.25) is 0 Å². The Labute approximate surface area is 109 Å². The Bertz CT molecular complexity index is 407. The smallest absolute Gasteiger partial charge is 0.165 e. The van der Waals surface area contributed by atoms with Gasteiger partial charge in [-0.1, -0.05) is 13.0 Å². The van der Waals surface area contributed by atoms with Gasteiger partial charge in [-0.3, -0.25) is 0 Å². The van der Waals surface area contributed by atoms with Crippen LogP contribution in [0.1, 0.15) is 44.7 Å². The molecular weight excluding hydrogens is 229 g/mol. The first-order valence-corrected chi connectivity index (χ1v) is 6.69. The highest BCUT2D eigenvalue weighted by Gasteiger charge is 2.23. The Balaban J connectivity index is 2.02. The predicted octanol–water partition coefficient (Wildman–Crippen LogP) is 3.67. The lowest BCUT2D eigenvalue weighted by Crippen LogP contribution is -2.29. The number of ether oxygens (including phenoxy) is 1. The Morgan fingerprint density at radius 2 is 2.17 bits per heavy atom. The average Bonchev–Trinajstić information content (AvgIpc) is 2.75. The minimum Gasteiger partial charge on any atom is -0.494 e. The van der Waals surface area contributed by atoms with Crippen LogP contribution in [0.3, 0.4) is 0 Å². The van der Waals surface area contributed by atoms with Crippen LogP contribution in [0, 0.1) is 11.7 Å². The second-order valence-electron chi connectivity index (χ2n) is 5.40. The molecule has 3 heteroatoms. The standard InChI is InChI=1S/C15H22FNO/c1-10-4-6-13(8-10)17-11(2)12-5-7-14(16)15(9-12)18-3/h5,7,9-11,13,17H,4,6,8H2,1-3H3. The highest BCUT2D eigenvalue weighted by atomic mass is 19.1. The molecule has 1 N–H and O–H groups in total. The molecule has 0 bridgehead atoms. The molecular formula is C15H22FNO. The van der Waals surface area contributed by atoms with Gasteiger partial charge in [0.25, 0.3) is 0 Å². The van der Waals surface area contributed by atoms with Crippen LogP contribution in [0.5, 0.6) is 5.75 Å². The zero-order valence-corrected chi connectivity index (χ0v) is 11.4. The van der Waals surface area contributed by atoms with E-state index in [-0.39, 0.29) is 11.9 Å². The molecule has 0 heterocycles. The molecule has 0 aromatic heterocycles. The average molecular weight is 251 g/mol. The summed E-state index contributed by atoms with van der Waals surface area (Å²) in [6.45, 7) is 4.42. The summed E-state index contributed by atoms with van der Waals surface area (Å²) in [5.41, 5.74) is 1.08. The molecule has 2 rings (SSSR count). The highest BCUT2D eigenvalue weighted by Crippen LogP contribution is 2.28. The van der Waals surface area contributed by atoms with Crippen LogP contribution in [0.4, 0.5) is 4.39 Å². The summed E-state index contributed by atoms with van der Waals surface area (Å²) in [5.74, 6) is 0.835. The third-order valence-electron chi connectivity index (χ3n) is 3.86. The number of halogens is 1. The molecule has 18 heavy (non-hydrogen) atoms. The molecule has 0 radical (unpaired) electrons. The summed E-state index contributed by atoms with van der Waals surface area (Å²) < 4.78 is 18.4. The number of methoxy groups -OCH3 is 1. The second kappa shape index (κ2) is 5.70. The zero-order chi connectivity index (χ0) is 13.1. The Kier molecular flexibility index (Phi) is 4.23. The highest BCUT2D eigenvalue weighted by molar-refractivity contribution is 5.32.